The van der Waals surface area contributed by atoms with Gasteiger partial charge in [0, 0.05) is 18.6 Å². The summed E-state index contributed by atoms with van der Waals surface area (Å²) in [5.74, 6) is 0. The van der Waals surface area contributed by atoms with E-state index in [1.165, 1.54) is 11.3 Å². The number of nitrogens with two attached hydrogens (primary N) is 1. The van der Waals surface area contributed by atoms with Crippen molar-refractivity contribution < 1.29 is 0 Å². The van der Waals surface area contributed by atoms with Gasteiger partial charge >= 0.3 is 0 Å². The highest BCUT2D eigenvalue weighted by molar-refractivity contribution is 7.19. The van der Waals surface area contributed by atoms with Crippen molar-refractivity contribution >= 4 is 32.8 Å². The van der Waals surface area contributed by atoms with Crippen LogP contribution in [0.4, 0.5) is 10.1 Å². The first-order valence-electron chi connectivity index (χ1n) is 4.06. The molecule has 2 N–H and O–H groups in total. The number of nitrogen functional groups attached to an aromatic ring is 1. The normalized spacial score (nSPS) is 10.4. The largest absolute Gasteiger partial charge is 0.389 e. The Hall–Kier alpha value is -1.14. The van der Waals surface area contributed by atoms with Gasteiger partial charge in [0.1, 0.15) is 10.0 Å². The lowest BCUT2D eigenvalue weighted by Crippen LogP contribution is -2.15. The molecular weight excluding hydrogens is 216 g/mol. The topological polar surface area (TPSA) is 55.0 Å². The van der Waals surface area contributed by atoms with Gasteiger partial charge in [0.15, 0.2) is 5.13 Å². The summed E-state index contributed by atoms with van der Waals surface area (Å²) in [6, 6.07) is 0. The Morgan fingerprint density at radius 3 is 2.93 bits per heavy atom. The van der Waals surface area contributed by atoms with Gasteiger partial charge < -0.3 is 10.6 Å². The van der Waals surface area contributed by atoms with E-state index in [-0.39, 0.29) is 0 Å². The Bertz CT molecular complexity index is 395. The standard InChI is InChI=1S/C8H10N4S2/c1-12(5-7-10-2-3-13-7)8-11-4-6(9)14-8/h2-4H,5,9H2,1H3. The SMILES string of the molecule is CN(Cc1nccs1)c1ncc(N)s1. The second kappa shape index (κ2) is 3.93. The number of aromatic nitrogens is 2. The lowest BCUT2D eigenvalue weighted by Gasteiger charge is -2.12. The second-order valence-electron chi connectivity index (χ2n) is 2.83. The van der Waals surface area contributed by atoms with Crippen molar-refractivity contribution in [1.82, 2.24) is 9.97 Å². The predicted octanol–water partition coefficient (Wildman–Crippen LogP) is 1.82. The minimum atomic E-state index is 0.742. The molecule has 2 heterocycles. The van der Waals surface area contributed by atoms with E-state index in [0.717, 1.165) is 21.7 Å². The Balaban J connectivity index is 2.06. The molecule has 0 atom stereocenters. The summed E-state index contributed by atoms with van der Waals surface area (Å²) in [7, 11) is 1.99. The van der Waals surface area contributed by atoms with E-state index in [1.54, 1.807) is 17.5 Å². The van der Waals surface area contributed by atoms with Crippen LogP contribution in [-0.2, 0) is 6.54 Å². The lowest BCUT2D eigenvalue weighted by molar-refractivity contribution is 0.903. The molecule has 14 heavy (non-hydrogen) atoms. The maximum absolute atomic E-state index is 5.61. The molecule has 0 amide bonds. The number of hydrogen-bond acceptors (Lipinski definition) is 6. The van der Waals surface area contributed by atoms with Gasteiger partial charge in [-0.05, 0) is 0 Å². The molecule has 0 aliphatic rings. The first-order valence-corrected chi connectivity index (χ1v) is 5.76. The smallest absolute Gasteiger partial charge is 0.187 e. The van der Waals surface area contributed by atoms with Crippen molar-refractivity contribution in [1.29, 1.82) is 0 Å². The maximum Gasteiger partial charge on any atom is 0.187 e. The summed E-state index contributed by atoms with van der Waals surface area (Å²) in [4.78, 5) is 10.4. The average molecular weight is 226 g/mol. The molecule has 6 heteroatoms. The zero-order chi connectivity index (χ0) is 9.97. The van der Waals surface area contributed by atoms with E-state index in [1.807, 2.05) is 23.5 Å². The van der Waals surface area contributed by atoms with Crippen LogP contribution in [0.25, 0.3) is 0 Å². The summed E-state index contributed by atoms with van der Waals surface area (Å²) >= 11 is 3.13. The number of nitrogens with zero attached hydrogens (tertiary/aromatic N) is 3. The summed E-state index contributed by atoms with van der Waals surface area (Å²) in [5, 5.41) is 4.73. The molecule has 0 spiro atoms. The van der Waals surface area contributed by atoms with Crippen molar-refractivity contribution in [2.24, 2.45) is 0 Å². The van der Waals surface area contributed by atoms with Crippen molar-refractivity contribution in [3.8, 4) is 0 Å². The number of rotatable bonds is 3. The molecule has 2 rings (SSSR count). The molecule has 0 bridgehead atoms. The molecule has 74 valence electrons. The summed E-state index contributed by atoms with van der Waals surface area (Å²) in [5.41, 5.74) is 5.61. The van der Waals surface area contributed by atoms with Crippen molar-refractivity contribution in [3.63, 3.8) is 0 Å². The second-order valence-corrected chi connectivity index (χ2v) is 4.85. The van der Waals surface area contributed by atoms with Crippen LogP contribution in [0.2, 0.25) is 0 Å². The van der Waals surface area contributed by atoms with E-state index in [0.29, 0.717) is 0 Å². The van der Waals surface area contributed by atoms with Gasteiger partial charge in [-0.15, -0.1) is 11.3 Å². The minimum Gasteiger partial charge on any atom is -0.389 e. The Kier molecular flexibility index (Phi) is 2.64. The van der Waals surface area contributed by atoms with Crippen LogP contribution in [0.15, 0.2) is 17.8 Å². The fourth-order valence-corrected chi connectivity index (χ4v) is 2.37. The number of hydrogen-bond donors (Lipinski definition) is 1. The van der Waals surface area contributed by atoms with Crippen molar-refractivity contribution in [3.05, 3.63) is 22.8 Å². The number of anilines is 2. The molecule has 2 aromatic rings. The minimum absolute atomic E-state index is 0.742. The van der Waals surface area contributed by atoms with Gasteiger partial charge in [0.05, 0.1) is 12.7 Å². The molecule has 0 aromatic carbocycles. The van der Waals surface area contributed by atoms with Crippen LogP contribution in [0, 0.1) is 0 Å². The Morgan fingerprint density at radius 1 is 1.50 bits per heavy atom. The molecule has 0 radical (unpaired) electrons. The van der Waals surface area contributed by atoms with Gasteiger partial charge in [0.25, 0.3) is 0 Å². The monoisotopic (exact) mass is 226 g/mol. The third-order valence-corrected chi connectivity index (χ3v) is 3.40. The molecular formula is C8H10N4S2. The molecule has 0 saturated carbocycles. The third kappa shape index (κ3) is 2.02. The zero-order valence-corrected chi connectivity index (χ0v) is 9.31. The third-order valence-electron chi connectivity index (χ3n) is 1.69. The zero-order valence-electron chi connectivity index (χ0n) is 7.67. The molecule has 0 aliphatic heterocycles. The van der Waals surface area contributed by atoms with Gasteiger partial charge in [0.2, 0.25) is 0 Å². The highest BCUT2D eigenvalue weighted by atomic mass is 32.1. The van der Waals surface area contributed by atoms with E-state index >= 15 is 0 Å². The highest BCUT2D eigenvalue weighted by Crippen LogP contribution is 2.24. The summed E-state index contributed by atoms with van der Waals surface area (Å²) in [6.45, 7) is 0.782. The fourth-order valence-electron chi connectivity index (χ4n) is 1.06. The van der Waals surface area contributed by atoms with Crippen LogP contribution < -0.4 is 10.6 Å². The van der Waals surface area contributed by atoms with Gasteiger partial charge in [-0.1, -0.05) is 11.3 Å². The summed E-state index contributed by atoms with van der Waals surface area (Å²) < 4.78 is 0. The van der Waals surface area contributed by atoms with Crippen LogP contribution in [0.1, 0.15) is 5.01 Å². The Labute approximate surface area is 90.0 Å². The molecule has 0 fully saturated rings. The average Bonchev–Trinajstić information content (AvgIpc) is 2.75. The van der Waals surface area contributed by atoms with Crippen molar-refractivity contribution in [2.45, 2.75) is 6.54 Å². The van der Waals surface area contributed by atoms with E-state index in [9.17, 15) is 0 Å². The van der Waals surface area contributed by atoms with Gasteiger partial charge in [-0.2, -0.15) is 0 Å². The molecule has 0 aliphatic carbocycles. The molecule has 0 saturated heterocycles. The first kappa shape index (κ1) is 9.42. The first-order chi connectivity index (χ1) is 6.75. The van der Waals surface area contributed by atoms with Gasteiger partial charge in [-0.25, -0.2) is 9.97 Å². The van der Waals surface area contributed by atoms with Crippen molar-refractivity contribution in [2.75, 3.05) is 17.7 Å². The van der Waals surface area contributed by atoms with Crippen LogP contribution >= 0.6 is 22.7 Å². The molecule has 4 nitrogen and oxygen atoms in total. The molecule has 2 aromatic heterocycles. The van der Waals surface area contributed by atoms with E-state index in [2.05, 4.69) is 9.97 Å². The molecule has 0 unspecified atom stereocenters. The van der Waals surface area contributed by atoms with E-state index < -0.39 is 0 Å². The predicted molar refractivity (Wildman–Crippen MR) is 60.7 cm³/mol. The highest BCUT2D eigenvalue weighted by Gasteiger charge is 2.07. The summed E-state index contributed by atoms with van der Waals surface area (Å²) in [6.07, 6.45) is 3.49. The maximum atomic E-state index is 5.61. The lowest BCUT2D eigenvalue weighted by atomic mass is 10.6. The fraction of sp³-hybridized carbons (Fsp3) is 0.250. The van der Waals surface area contributed by atoms with Crippen LogP contribution in [-0.4, -0.2) is 17.0 Å². The Morgan fingerprint density at radius 2 is 2.36 bits per heavy atom. The van der Waals surface area contributed by atoms with Gasteiger partial charge in [-0.3, -0.25) is 0 Å². The van der Waals surface area contributed by atoms with Crippen LogP contribution in [0.3, 0.4) is 0 Å². The van der Waals surface area contributed by atoms with Crippen LogP contribution in [0.5, 0.6) is 0 Å². The quantitative estimate of drug-likeness (QED) is 0.867. The van der Waals surface area contributed by atoms with E-state index in [4.69, 9.17) is 5.73 Å². The number of thiazole rings is 2.